The lowest BCUT2D eigenvalue weighted by atomic mass is 9.83. The second-order valence-corrected chi connectivity index (χ2v) is 9.94. The fourth-order valence-corrected chi connectivity index (χ4v) is 5.68. The molecular formula is C27H24Cl2F3NO2. The van der Waals surface area contributed by atoms with Gasteiger partial charge in [-0.3, -0.25) is 0 Å². The van der Waals surface area contributed by atoms with Gasteiger partial charge in [-0.05, 0) is 71.8 Å². The third kappa shape index (κ3) is 5.46. The standard InChI is InChI=1S/C27H24Cl2F3NO2/c28-20-15-19(16-21(29)17-20)25-23-3-1-2-4-24(23)26(35-25)10-13-33(14-11-26)12-9-18-5-7-22(8-6-18)34-27(30,31)32/h1-8,15-17,25H,9-14H2. The molecule has 0 aliphatic carbocycles. The van der Waals surface area contributed by atoms with Crippen LogP contribution in [0.1, 0.15) is 41.2 Å². The molecule has 3 aromatic carbocycles. The van der Waals surface area contributed by atoms with E-state index in [1.54, 1.807) is 18.2 Å². The SMILES string of the molecule is FC(F)(F)Oc1ccc(CCN2CCC3(CC2)OC(c2cc(Cl)cc(Cl)c2)c2ccccc23)cc1. The van der Waals surface area contributed by atoms with Crippen LogP contribution < -0.4 is 4.74 Å². The Morgan fingerprint density at radius 3 is 2.26 bits per heavy atom. The molecule has 0 aromatic heterocycles. The highest BCUT2D eigenvalue weighted by molar-refractivity contribution is 6.34. The normalized spacial score (nSPS) is 19.6. The zero-order valence-electron chi connectivity index (χ0n) is 18.8. The van der Waals surface area contributed by atoms with E-state index in [0.717, 1.165) is 55.6 Å². The largest absolute Gasteiger partial charge is 0.573 e. The van der Waals surface area contributed by atoms with Gasteiger partial charge in [0.1, 0.15) is 11.9 Å². The number of ether oxygens (including phenoxy) is 2. The number of hydrogen-bond acceptors (Lipinski definition) is 3. The first-order valence-electron chi connectivity index (χ1n) is 11.5. The summed E-state index contributed by atoms with van der Waals surface area (Å²) in [5, 5.41) is 1.17. The van der Waals surface area contributed by atoms with Crippen molar-refractivity contribution in [3.63, 3.8) is 0 Å². The highest BCUT2D eigenvalue weighted by atomic mass is 35.5. The van der Waals surface area contributed by atoms with Crippen molar-refractivity contribution in [2.75, 3.05) is 19.6 Å². The van der Waals surface area contributed by atoms with E-state index in [9.17, 15) is 13.2 Å². The Morgan fingerprint density at radius 2 is 1.60 bits per heavy atom. The van der Waals surface area contributed by atoms with Crippen molar-refractivity contribution in [3.05, 3.63) is 99.0 Å². The first kappa shape index (κ1) is 24.4. The molecule has 0 bridgehead atoms. The number of halogens is 5. The number of benzene rings is 3. The predicted molar refractivity (Wildman–Crippen MR) is 130 cm³/mol. The van der Waals surface area contributed by atoms with Crippen molar-refractivity contribution in [3.8, 4) is 5.75 Å². The van der Waals surface area contributed by atoms with Crippen LogP contribution in [0.15, 0.2) is 66.7 Å². The first-order valence-corrected chi connectivity index (χ1v) is 12.3. The van der Waals surface area contributed by atoms with Crippen molar-refractivity contribution in [1.29, 1.82) is 0 Å². The molecule has 1 unspecified atom stereocenters. The van der Waals surface area contributed by atoms with Crippen LogP contribution in [0.3, 0.4) is 0 Å². The Balaban J connectivity index is 1.24. The van der Waals surface area contributed by atoms with Crippen molar-refractivity contribution < 1.29 is 22.6 Å². The average molecular weight is 522 g/mol. The Kier molecular flexibility index (Phi) is 6.75. The van der Waals surface area contributed by atoms with Gasteiger partial charge in [-0.25, -0.2) is 0 Å². The number of fused-ring (bicyclic) bond motifs is 2. The summed E-state index contributed by atoms with van der Waals surface area (Å²) in [4.78, 5) is 2.38. The molecule has 1 spiro atoms. The van der Waals surface area contributed by atoms with Gasteiger partial charge in [0.25, 0.3) is 0 Å². The van der Waals surface area contributed by atoms with E-state index in [1.165, 1.54) is 17.7 Å². The highest BCUT2D eigenvalue weighted by Gasteiger charge is 2.47. The second kappa shape index (κ2) is 9.66. The van der Waals surface area contributed by atoms with E-state index in [-0.39, 0.29) is 17.5 Å². The molecule has 0 N–H and O–H groups in total. The average Bonchev–Trinajstić information content (AvgIpc) is 3.12. The van der Waals surface area contributed by atoms with Gasteiger partial charge in [0.05, 0.1) is 5.60 Å². The van der Waals surface area contributed by atoms with Crippen LogP contribution in [-0.4, -0.2) is 30.9 Å². The smallest absolute Gasteiger partial charge is 0.406 e. The van der Waals surface area contributed by atoms with Crippen LogP contribution in [-0.2, 0) is 16.8 Å². The maximum atomic E-state index is 12.4. The molecule has 0 saturated carbocycles. The number of likely N-dealkylation sites (tertiary alicyclic amines) is 1. The molecule has 2 aliphatic heterocycles. The number of nitrogens with zero attached hydrogens (tertiary/aromatic N) is 1. The van der Waals surface area contributed by atoms with Gasteiger partial charge >= 0.3 is 6.36 Å². The van der Waals surface area contributed by atoms with Gasteiger partial charge in [-0.1, -0.05) is 59.6 Å². The summed E-state index contributed by atoms with van der Waals surface area (Å²) in [6, 6.07) is 20.0. The van der Waals surface area contributed by atoms with Crippen LogP contribution in [0.25, 0.3) is 0 Å². The maximum Gasteiger partial charge on any atom is 0.573 e. The summed E-state index contributed by atoms with van der Waals surface area (Å²) >= 11 is 12.5. The summed E-state index contributed by atoms with van der Waals surface area (Å²) in [6.07, 6.45) is -2.43. The lowest BCUT2D eigenvalue weighted by Crippen LogP contribution is -2.43. The Labute approximate surface area is 212 Å². The predicted octanol–water partition coefficient (Wildman–Crippen LogP) is 7.55. The molecule has 2 heterocycles. The van der Waals surface area contributed by atoms with Crippen molar-refractivity contribution >= 4 is 23.2 Å². The molecular weight excluding hydrogens is 498 g/mol. The quantitative estimate of drug-likeness (QED) is 0.346. The molecule has 3 nitrogen and oxygen atoms in total. The summed E-state index contributed by atoms with van der Waals surface area (Å²) in [5.74, 6) is -0.200. The van der Waals surface area contributed by atoms with Crippen LogP contribution >= 0.6 is 23.2 Å². The van der Waals surface area contributed by atoms with Crippen molar-refractivity contribution in [2.45, 2.75) is 37.3 Å². The first-order chi connectivity index (χ1) is 16.7. The molecule has 5 rings (SSSR count). The molecule has 1 saturated heterocycles. The van der Waals surface area contributed by atoms with Crippen LogP contribution in [0.4, 0.5) is 13.2 Å². The molecule has 2 aliphatic rings. The summed E-state index contributed by atoms with van der Waals surface area (Å²) in [6.45, 7) is 2.56. The lowest BCUT2D eigenvalue weighted by molar-refractivity contribution is -0.274. The van der Waals surface area contributed by atoms with Gasteiger partial charge < -0.3 is 14.4 Å². The number of hydrogen-bond donors (Lipinski definition) is 0. The third-order valence-electron chi connectivity index (χ3n) is 6.80. The highest BCUT2D eigenvalue weighted by Crippen LogP contribution is 2.51. The van der Waals surface area contributed by atoms with E-state index >= 15 is 0 Å². The molecule has 0 radical (unpaired) electrons. The van der Waals surface area contributed by atoms with E-state index in [1.807, 2.05) is 18.2 Å². The fraction of sp³-hybridized carbons (Fsp3) is 0.333. The summed E-state index contributed by atoms with van der Waals surface area (Å²) in [5.41, 5.74) is 3.94. The third-order valence-corrected chi connectivity index (χ3v) is 7.24. The second-order valence-electron chi connectivity index (χ2n) is 9.07. The number of piperidine rings is 1. The van der Waals surface area contributed by atoms with E-state index in [2.05, 4.69) is 27.8 Å². The molecule has 184 valence electrons. The van der Waals surface area contributed by atoms with E-state index in [0.29, 0.717) is 10.0 Å². The van der Waals surface area contributed by atoms with Crippen molar-refractivity contribution in [2.24, 2.45) is 0 Å². The minimum atomic E-state index is -4.68. The lowest BCUT2D eigenvalue weighted by Gasteiger charge is -2.40. The minimum absolute atomic E-state index is 0.200. The zero-order chi connectivity index (χ0) is 24.6. The van der Waals surface area contributed by atoms with E-state index < -0.39 is 6.36 Å². The Morgan fingerprint density at radius 1 is 0.943 bits per heavy atom. The van der Waals surface area contributed by atoms with Gasteiger partial charge in [0.15, 0.2) is 0 Å². The Hall–Kier alpha value is -2.25. The molecule has 3 aromatic rings. The number of alkyl halides is 3. The van der Waals surface area contributed by atoms with Crippen LogP contribution in [0.5, 0.6) is 5.75 Å². The van der Waals surface area contributed by atoms with Gasteiger partial charge in [-0.15, -0.1) is 13.2 Å². The van der Waals surface area contributed by atoms with Crippen LogP contribution in [0.2, 0.25) is 10.0 Å². The maximum absolute atomic E-state index is 12.4. The molecule has 1 fully saturated rings. The van der Waals surface area contributed by atoms with Crippen LogP contribution in [0, 0.1) is 0 Å². The van der Waals surface area contributed by atoms with Gasteiger partial charge in [0, 0.05) is 29.7 Å². The van der Waals surface area contributed by atoms with E-state index in [4.69, 9.17) is 27.9 Å². The molecule has 35 heavy (non-hydrogen) atoms. The van der Waals surface area contributed by atoms with Gasteiger partial charge in [-0.2, -0.15) is 0 Å². The molecule has 1 atom stereocenters. The number of rotatable bonds is 5. The summed E-state index contributed by atoms with van der Waals surface area (Å²) < 4.78 is 47.8. The minimum Gasteiger partial charge on any atom is -0.406 e. The monoisotopic (exact) mass is 521 g/mol. The van der Waals surface area contributed by atoms with Crippen molar-refractivity contribution in [1.82, 2.24) is 4.90 Å². The molecule has 8 heteroatoms. The van der Waals surface area contributed by atoms with Gasteiger partial charge in [0.2, 0.25) is 0 Å². The summed E-state index contributed by atoms with van der Waals surface area (Å²) in [7, 11) is 0. The zero-order valence-corrected chi connectivity index (χ0v) is 20.3. The topological polar surface area (TPSA) is 21.7 Å². The Bertz CT molecular complexity index is 1170. The fourth-order valence-electron chi connectivity index (χ4n) is 5.14. The molecule has 0 amide bonds.